The van der Waals surface area contributed by atoms with Gasteiger partial charge in [0.15, 0.2) is 0 Å². The van der Waals surface area contributed by atoms with Crippen molar-refractivity contribution in [2.24, 2.45) is 0 Å². The quantitative estimate of drug-likeness (QED) is 0.535. The first kappa shape index (κ1) is 16.3. The van der Waals surface area contributed by atoms with Gasteiger partial charge in [-0.1, -0.05) is 0 Å². The van der Waals surface area contributed by atoms with Gasteiger partial charge >= 0.3 is 12.0 Å². The summed E-state index contributed by atoms with van der Waals surface area (Å²) in [6.07, 6.45) is -0.154. The Morgan fingerprint density at radius 2 is 1.94 bits per heavy atom. The molecule has 3 amide bonds. The van der Waals surface area contributed by atoms with E-state index in [-0.39, 0.29) is 12.6 Å². The first-order chi connectivity index (χ1) is 8.45. The summed E-state index contributed by atoms with van der Waals surface area (Å²) in [6, 6.07) is -0.675. The van der Waals surface area contributed by atoms with Crippen LogP contribution in [-0.2, 0) is 19.1 Å². The number of urea groups is 1. The van der Waals surface area contributed by atoms with Crippen molar-refractivity contribution >= 4 is 17.9 Å². The highest BCUT2D eigenvalue weighted by atomic mass is 16.5. The van der Waals surface area contributed by atoms with Gasteiger partial charge in [-0.15, -0.1) is 0 Å². The van der Waals surface area contributed by atoms with Crippen LogP contribution >= 0.6 is 0 Å². The number of nitrogens with one attached hydrogen (secondary N) is 2. The number of amides is 3. The molecule has 8 heteroatoms. The maximum atomic E-state index is 11.2. The van der Waals surface area contributed by atoms with Gasteiger partial charge in [-0.3, -0.25) is 10.1 Å². The maximum Gasteiger partial charge on any atom is 0.329 e. The molecule has 3 N–H and O–H groups in total. The molecular formula is C10H18N2O6. The molecule has 0 saturated heterocycles. The molecule has 0 radical (unpaired) electrons. The molecule has 0 saturated carbocycles. The number of hydrogen-bond acceptors (Lipinski definition) is 5. The third-order valence-corrected chi connectivity index (χ3v) is 1.71. The molecule has 1 atom stereocenters. The highest BCUT2D eigenvalue weighted by Crippen LogP contribution is 1.87. The van der Waals surface area contributed by atoms with Crippen molar-refractivity contribution in [3.63, 3.8) is 0 Å². The Kier molecular flexibility index (Phi) is 8.50. The van der Waals surface area contributed by atoms with Gasteiger partial charge in [-0.2, -0.15) is 0 Å². The third-order valence-electron chi connectivity index (χ3n) is 1.71. The molecule has 0 rings (SSSR count). The normalized spacial score (nSPS) is 11.7. The largest absolute Gasteiger partial charge is 0.480 e. The van der Waals surface area contributed by atoms with Gasteiger partial charge in [0.2, 0.25) is 0 Å². The Morgan fingerprint density at radius 1 is 1.28 bits per heavy atom. The third kappa shape index (κ3) is 9.55. The van der Waals surface area contributed by atoms with E-state index in [0.717, 1.165) is 0 Å². The van der Waals surface area contributed by atoms with E-state index in [9.17, 15) is 14.4 Å². The molecule has 0 bridgehead atoms. The van der Waals surface area contributed by atoms with Crippen LogP contribution in [0, 0.1) is 0 Å². The Morgan fingerprint density at radius 3 is 2.50 bits per heavy atom. The van der Waals surface area contributed by atoms with Gasteiger partial charge in [0.05, 0.1) is 6.10 Å². The molecule has 0 aliphatic carbocycles. The summed E-state index contributed by atoms with van der Waals surface area (Å²) in [4.78, 5) is 32.4. The fraction of sp³-hybridized carbons (Fsp3) is 0.700. The smallest absolute Gasteiger partial charge is 0.329 e. The zero-order chi connectivity index (χ0) is 14.0. The summed E-state index contributed by atoms with van der Waals surface area (Å²) in [5, 5.41) is 12.7. The van der Waals surface area contributed by atoms with Crippen LogP contribution in [0.15, 0.2) is 0 Å². The standard InChI is InChI=1S/C10H18N2O6/c1-3-18-7(2)4-11-10(16)12-8(13)5-17-6-9(14)15/h7H,3-6H2,1-2H3,(H,14,15)(H2,11,12,13,16). The number of aliphatic carboxylic acids is 1. The van der Waals surface area contributed by atoms with Crippen molar-refractivity contribution in [1.82, 2.24) is 10.6 Å². The first-order valence-corrected chi connectivity index (χ1v) is 5.44. The van der Waals surface area contributed by atoms with Crippen LogP contribution in [0.3, 0.4) is 0 Å². The molecule has 0 aromatic heterocycles. The summed E-state index contributed by atoms with van der Waals surface area (Å²) in [5.74, 6) is -1.89. The summed E-state index contributed by atoms with van der Waals surface area (Å²) >= 11 is 0. The van der Waals surface area contributed by atoms with Crippen molar-refractivity contribution in [1.29, 1.82) is 0 Å². The van der Waals surface area contributed by atoms with E-state index in [1.54, 1.807) is 6.92 Å². The minimum atomic E-state index is -1.18. The lowest BCUT2D eigenvalue weighted by molar-refractivity contribution is -0.143. The topological polar surface area (TPSA) is 114 Å². The van der Waals surface area contributed by atoms with Crippen LogP contribution < -0.4 is 10.6 Å². The lowest BCUT2D eigenvalue weighted by atomic mass is 10.4. The van der Waals surface area contributed by atoms with E-state index in [1.165, 1.54) is 0 Å². The number of carbonyl (C=O) groups excluding carboxylic acids is 2. The van der Waals surface area contributed by atoms with Gasteiger partial charge in [-0.25, -0.2) is 9.59 Å². The van der Waals surface area contributed by atoms with E-state index in [0.29, 0.717) is 6.61 Å². The number of hydrogen-bond donors (Lipinski definition) is 3. The van der Waals surface area contributed by atoms with Gasteiger partial charge in [0.1, 0.15) is 13.2 Å². The Bertz CT molecular complexity index is 294. The van der Waals surface area contributed by atoms with Gasteiger partial charge in [0.25, 0.3) is 5.91 Å². The number of rotatable bonds is 8. The lowest BCUT2D eigenvalue weighted by Crippen LogP contribution is -2.43. The summed E-state index contributed by atoms with van der Waals surface area (Å²) in [5.41, 5.74) is 0. The molecule has 0 aliphatic rings. The molecule has 18 heavy (non-hydrogen) atoms. The molecular weight excluding hydrogens is 244 g/mol. The Hall–Kier alpha value is -1.67. The van der Waals surface area contributed by atoms with E-state index in [4.69, 9.17) is 9.84 Å². The van der Waals surface area contributed by atoms with Crippen molar-refractivity contribution < 1.29 is 29.0 Å². The van der Waals surface area contributed by atoms with Crippen LogP contribution in [0.25, 0.3) is 0 Å². The van der Waals surface area contributed by atoms with Crippen LogP contribution in [0.2, 0.25) is 0 Å². The van der Waals surface area contributed by atoms with Crippen LogP contribution in [-0.4, -0.2) is 55.5 Å². The minimum Gasteiger partial charge on any atom is -0.480 e. The average molecular weight is 262 g/mol. The molecule has 0 aromatic rings. The van der Waals surface area contributed by atoms with Crippen LogP contribution in [0.5, 0.6) is 0 Å². The second kappa shape index (κ2) is 9.37. The van der Waals surface area contributed by atoms with Crippen molar-refractivity contribution in [3.8, 4) is 0 Å². The average Bonchev–Trinajstić information content (AvgIpc) is 2.26. The zero-order valence-corrected chi connectivity index (χ0v) is 10.4. The second-order valence-corrected chi connectivity index (χ2v) is 3.41. The van der Waals surface area contributed by atoms with Crippen molar-refractivity contribution in [3.05, 3.63) is 0 Å². The SMILES string of the molecule is CCOC(C)CNC(=O)NC(=O)COCC(=O)O. The van der Waals surface area contributed by atoms with Crippen LogP contribution in [0.4, 0.5) is 4.79 Å². The van der Waals surface area contributed by atoms with Gasteiger partial charge < -0.3 is 19.9 Å². The number of carbonyl (C=O) groups is 3. The number of ether oxygens (including phenoxy) is 2. The van der Waals surface area contributed by atoms with Crippen molar-refractivity contribution in [2.75, 3.05) is 26.4 Å². The molecule has 0 aromatic carbocycles. The van der Waals surface area contributed by atoms with E-state index < -0.39 is 31.1 Å². The monoisotopic (exact) mass is 262 g/mol. The number of carboxylic acid groups (broad SMARTS) is 1. The predicted octanol–water partition coefficient (Wildman–Crippen LogP) is -0.662. The minimum absolute atomic E-state index is 0.154. The molecule has 1 unspecified atom stereocenters. The predicted molar refractivity (Wildman–Crippen MR) is 61.1 cm³/mol. The molecule has 0 aliphatic heterocycles. The summed E-state index contributed by atoms with van der Waals surface area (Å²) < 4.78 is 9.68. The Labute approximate surface area is 105 Å². The van der Waals surface area contributed by atoms with E-state index in [1.807, 2.05) is 12.2 Å². The summed E-state index contributed by atoms with van der Waals surface area (Å²) in [7, 11) is 0. The highest BCUT2D eigenvalue weighted by Gasteiger charge is 2.09. The van der Waals surface area contributed by atoms with Crippen molar-refractivity contribution in [2.45, 2.75) is 20.0 Å². The molecule has 0 spiro atoms. The van der Waals surface area contributed by atoms with Gasteiger partial charge in [-0.05, 0) is 13.8 Å². The van der Waals surface area contributed by atoms with E-state index in [2.05, 4.69) is 10.1 Å². The lowest BCUT2D eigenvalue weighted by Gasteiger charge is -2.12. The van der Waals surface area contributed by atoms with Crippen LogP contribution in [0.1, 0.15) is 13.8 Å². The zero-order valence-electron chi connectivity index (χ0n) is 10.4. The molecule has 8 nitrogen and oxygen atoms in total. The molecule has 0 heterocycles. The fourth-order valence-corrected chi connectivity index (χ4v) is 1.02. The first-order valence-electron chi connectivity index (χ1n) is 5.44. The highest BCUT2D eigenvalue weighted by molar-refractivity contribution is 5.94. The second-order valence-electron chi connectivity index (χ2n) is 3.41. The number of carboxylic acids is 1. The molecule has 104 valence electrons. The molecule has 0 fully saturated rings. The number of imide groups is 1. The Balaban J connectivity index is 3.67. The fourth-order valence-electron chi connectivity index (χ4n) is 1.02. The van der Waals surface area contributed by atoms with Gasteiger partial charge in [0, 0.05) is 13.2 Å². The maximum absolute atomic E-state index is 11.2. The van der Waals surface area contributed by atoms with E-state index >= 15 is 0 Å². The summed E-state index contributed by atoms with van der Waals surface area (Å²) in [6.45, 7) is 3.34.